The van der Waals surface area contributed by atoms with E-state index in [4.69, 9.17) is 16.7 Å². The van der Waals surface area contributed by atoms with Crippen molar-refractivity contribution in [2.75, 3.05) is 11.5 Å². The molecule has 0 saturated heterocycles. The van der Waals surface area contributed by atoms with Gasteiger partial charge in [-0.05, 0) is 38.0 Å². The van der Waals surface area contributed by atoms with Crippen molar-refractivity contribution >= 4 is 28.4 Å². The molecular weight excluding hydrogens is 430 g/mol. The summed E-state index contributed by atoms with van der Waals surface area (Å²) in [6, 6.07) is 7.49. The number of aromatic nitrogens is 7. The van der Waals surface area contributed by atoms with Crippen LogP contribution in [0.1, 0.15) is 39.0 Å². The van der Waals surface area contributed by atoms with E-state index in [0.29, 0.717) is 22.3 Å². The first-order chi connectivity index (χ1) is 15.8. The molecule has 0 unspecified atom stereocenters. The van der Waals surface area contributed by atoms with E-state index in [1.807, 2.05) is 0 Å². The molecule has 1 saturated carbocycles. The van der Waals surface area contributed by atoms with Gasteiger partial charge in [-0.15, -0.1) is 10.2 Å². The molecule has 4 aromatic heterocycles. The zero-order valence-electron chi connectivity index (χ0n) is 18.1. The van der Waals surface area contributed by atoms with E-state index in [1.165, 1.54) is 23.8 Å². The summed E-state index contributed by atoms with van der Waals surface area (Å²) in [6.45, 7) is 1.50. The van der Waals surface area contributed by atoms with E-state index in [1.54, 1.807) is 24.4 Å². The lowest BCUT2D eigenvalue weighted by molar-refractivity contribution is 0.122. The molecule has 0 aromatic carbocycles. The van der Waals surface area contributed by atoms with Crippen LogP contribution in [-0.4, -0.2) is 41.0 Å². The normalized spacial score (nSPS) is 15.4. The lowest BCUT2D eigenvalue weighted by Gasteiger charge is -2.25. The summed E-state index contributed by atoms with van der Waals surface area (Å²) in [5, 5.41) is 20.3. The highest BCUT2D eigenvalue weighted by molar-refractivity contribution is 5.88. The van der Waals surface area contributed by atoms with E-state index < -0.39 is 13.0 Å². The van der Waals surface area contributed by atoms with E-state index in [0.717, 1.165) is 17.5 Å². The maximum Gasteiger partial charge on any atom is 0.258 e. The van der Waals surface area contributed by atoms with Crippen molar-refractivity contribution in [2.45, 2.75) is 52.0 Å². The Morgan fingerprint density at radius 2 is 1.91 bits per heavy atom. The number of pyridine rings is 1. The first-order valence-corrected chi connectivity index (χ1v) is 10.6. The summed E-state index contributed by atoms with van der Waals surface area (Å²) < 4.78 is 27.8. The molecule has 4 aromatic rings. The number of nitriles is 1. The van der Waals surface area contributed by atoms with Gasteiger partial charge in [0.1, 0.15) is 17.6 Å². The quantitative estimate of drug-likeness (QED) is 0.478. The number of nitrogen functional groups attached to an aromatic ring is 2. The number of nitrogens with two attached hydrogens (primary N) is 2. The Morgan fingerprint density at radius 1 is 1.15 bits per heavy atom. The molecule has 1 fully saturated rings. The summed E-state index contributed by atoms with van der Waals surface area (Å²) in [6.07, 6.45) is 5.18. The van der Waals surface area contributed by atoms with Crippen LogP contribution in [-0.2, 0) is 6.54 Å². The molecule has 33 heavy (non-hydrogen) atoms. The van der Waals surface area contributed by atoms with Gasteiger partial charge in [0.2, 0.25) is 5.95 Å². The first kappa shape index (κ1) is 22.3. The number of alkyl halides is 2. The fourth-order valence-corrected chi connectivity index (χ4v) is 3.98. The molecule has 1 aliphatic carbocycles. The molecule has 0 spiro atoms. The second-order valence-electron chi connectivity index (χ2n) is 8.31. The zero-order valence-corrected chi connectivity index (χ0v) is 18.1. The molecule has 5 rings (SSSR count). The summed E-state index contributed by atoms with van der Waals surface area (Å²) in [4.78, 5) is 8.33. The lowest BCUT2D eigenvalue weighted by Crippen LogP contribution is -2.16. The average molecular weight is 454 g/mol. The fourth-order valence-electron chi connectivity index (χ4n) is 3.98. The molecule has 172 valence electrons. The van der Waals surface area contributed by atoms with Gasteiger partial charge in [-0.3, -0.25) is 0 Å². The minimum atomic E-state index is -2.55. The molecule has 0 atom stereocenters. The van der Waals surface area contributed by atoms with Gasteiger partial charge in [0.15, 0.2) is 11.5 Å². The average Bonchev–Trinajstić information content (AvgIpc) is 3.38. The van der Waals surface area contributed by atoms with Gasteiger partial charge in [-0.25, -0.2) is 23.0 Å². The minimum Gasteiger partial charge on any atom is -0.382 e. The van der Waals surface area contributed by atoms with Gasteiger partial charge < -0.3 is 11.5 Å². The molecule has 0 radical (unpaired) electrons. The number of hydrogen-bond acceptors (Lipinski definition) is 8. The van der Waals surface area contributed by atoms with Crippen LogP contribution in [0.25, 0.3) is 27.9 Å². The first-order valence-electron chi connectivity index (χ1n) is 10.6. The van der Waals surface area contributed by atoms with E-state index >= 15 is 0 Å². The Morgan fingerprint density at radius 3 is 2.58 bits per heavy atom. The van der Waals surface area contributed by atoms with Crippen LogP contribution in [0.3, 0.4) is 0 Å². The van der Waals surface area contributed by atoms with Crippen LogP contribution < -0.4 is 11.5 Å². The van der Waals surface area contributed by atoms with Gasteiger partial charge in [0.05, 0.1) is 17.2 Å². The molecule has 1 aliphatic rings. The molecule has 10 nitrogen and oxygen atoms in total. The molecule has 4 N–H and O–H groups in total. The summed E-state index contributed by atoms with van der Waals surface area (Å²) in [5.41, 5.74) is 13.9. The fraction of sp³-hybridized carbons (Fsp3) is 0.429. The van der Waals surface area contributed by atoms with Gasteiger partial charge >= 0.3 is 0 Å². The molecule has 4 heterocycles. The largest absolute Gasteiger partial charge is 0.382 e. The predicted octanol–water partition coefficient (Wildman–Crippen LogP) is 3.45. The molecule has 0 amide bonds. The van der Waals surface area contributed by atoms with Crippen LogP contribution in [0.5, 0.6) is 0 Å². The summed E-state index contributed by atoms with van der Waals surface area (Å²) in [7, 11) is 0. The highest BCUT2D eigenvalue weighted by Gasteiger charge is 2.25. The zero-order chi connectivity index (χ0) is 23.6. The number of anilines is 2. The van der Waals surface area contributed by atoms with E-state index in [2.05, 4.69) is 38.4 Å². The third-order valence-electron chi connectivity index (χ3n) is 5.73. The van der Waals surface area contributed by atoms with Crippen molar-refractivity contribution in [3.05, 3.63) is 24.4 Å². The molecular formula is C21H24F2N10. The highest BCUT2D eigenvalue weighted by Crippen LogP contribution is 2.34. The van der Waals surface area contributed by atoms with Crippen molar-refractivity contribution < 1.29 is 8.78 Å². The van der Waals surface area contributed by atoms with Crippen molar-refractivity contribution in [3.8, 4) is 17.3 Å². The number of halogens is 2. The molecule has 0 bridgehead atoms. The maximum absolute atomic E-state index is 12.6. The van der Waals surface area contributed by atoms with Crippen molar-refractivity contribution in [1.29, 1.82) is 5.26 Å². The van der Waals surface area contributed by atoms with Gasteiger partial charge in [-0.1, -0.05) is 24.5 Å². The second kappa shape index (κ2) is 8.93. The molecule has 0 aliphatic heterocycles. The predicted molar refractivity (Wildman–Crippen MR) is 119 cm³/mol. The van der Waals surface area contributed by atoms with Crippen LogP contribution in [0.2, 0.25) is 0 Å². The Labute approximate surface area is 188 Å². The maximum atomic E-state index is 12.6. The Kier molecular flexibility index (Phi) is 6.04. The topological polar surface area (TPSA) is 150 Å². The standard InChI is InChI=1S/C13H11F2N9.C8H13N/c14-9(15)5-24-12-8(20-22-24)2-1-7(18-12)6-3-4-23-10(6)11(16)19-13(17)21-23;1-8(7-9)5-3-2-4-6-8/h1-4,9H,5H2,(H4,16,17,19,21);2-6H2,1H3. The summed E-state index contributed by atoms with van der Waals surface area (Å²) >= 11 is 0. The van der Waals surface area contributed by atoms with Gasteiger partial charge in [-0.2, -0.15) is 10.2 Å². The third kappa shape index (κ3) is 4.67. The smallest absolute Gasteiger partial charge is 0.258 e. The van der Waals surface area contributed by atoms with Crippen LogP contribution in [0, 0.1) is 16.7 Å². The Bertz CT molecular complexity index is 1310. The monoisotopic (exact) mass is 454 g/mol. The van der Waals surface area contributed by atoms with E-state index in [9.17, 15) is 8.78 Å². The SMILES string of the molecule is CC1(C#N)CCCCC1.Nc1nc(N)c2c(-c3ccc4nnn(CC(F)F)c4n3)ccn2n1. The number of rotatable bonds is 3. The minimum absolute atomic E-state index is 0.0260. The highest BCUT2D eigenvalue weighted by atomic mass is 19.3. The second-order valence-corrected chi connectivity index (χ2v) is 8.31. The van der Waals surface area contributed by atoms with Crippen molar-refractivity contribution in [2.24, 2.45) is 5.41 Å². The van der Waals surface area contributed by atoms with Gasteiger partial charge in [0.25, 0.3) is 6.43 Å². The Balaban J connectivity index is 0.000000243. The van der Waals surface area contributed by atoms with Crippen LogP contribution in [0.4, 0.5) is 20.5 Å². The van der Waals surface area contributed by atoms with Crippen molar-refractivity contribution in [1.82, 2.24) is 34.6 Å². The van der Waals surface area contributed by atoms with Gasteiger partial charge in [0, 0.05) is 11.8 Å². The third-order valence-corrected chi connectivity index (χ3v) is 5.73. The van der Waals surface area contributed by atoms with Crippen molar-refractivity contribution in [3.63, 3.8) is 0 Å². The number of hydrogen-bond donors (Lipinski definition) is 2. The van der Waals surface area contributed by atoms with E-state index in [-0.39, 0.29) is 22.8 Å². The summed E-state index contributed by atoms with van der Waals surface area (Å²) in [5.74, 6) is 0.244. The van der Waals surface area contributed by atoms with Crippen LogP contribution in [0.15, 0.2) is 24.4 Å². The number of fused-ring (bicyclic) bond motifs is 2. The Hall–Kier alpha value is -3.88. The van der Waals surface area contributed by atoms with Crippen LogP contribution >= 0.6 is 0 Å². The number of nitrogens with zero attached hydrogens (tertiary/aromatic N) is 8. The molecule has 12 heteroatoms. The lowest BCUT2D eigenvalue weighted by atomic mass is 9.77.